The molecule has 0 aliphatic heterocycles. The van der Waals surface area contributed by atoms with Gasteiger partial charge in [-0.05, 0) is 25.0 Å². The van der Waals surface area contributed by atoms with Crippen molar-refractivity contribution < 1.29 is 13.9 Å². The van der Waals surface area contributed by atoms with Crippen LogP contribution in [0.15, 0.2) is 24.3 Å². The summed E-state index contributed by atoms with van der Waals surface area (Å²) in [5, 5.41) is 2.97. The number of para-hydroxylation sites is 1. The Labute approximate surface area is 106 Å². The van der Waals surface area contributed by atoms with E-state index in [1.807, 2.05) is 0 Å². The van der Waals surface area contributed by atoms with Crippen LogP contribution in [0, 0.1) is 5.82 Å². The number of nitrogens with one attached hydrogen (secondary N) is 1. The summed E-state index contributed by atoms with van der Waals surface area (Å²) in [4.78, 5) is 11.6. The van der Waals surface area contributed by atoms with Crippen molar-refractivity contribution in [1.29, 1.82) is 0 Å². The fraction of sp³-hybridized carbons (Fsp3) is 0.500. The van der Waals surface area contributed by atoms with E-state index in [0.717, 1.165) is 12.8 Å². The van der Waals surface area contributed by atoms with Gasteiger partial charge in [0.15, 0.2) is 11.6 Å². The quantitative estimate of drug-likeness (QED) is 0.873. The first kappa shape index (κ1) is 12.9. The van der Waals surface area contributed by atoms with Gasteiger partial charge >= 0.3 is 0 Å². The summed E-state index contributed by atoms with van der Waals surface area (Å²) in [5.41, 5.74) is 0. The smallest absolute Gasteiger partial charge is 0.223 e. The van der Waals surface area contributed by atoms with Crippen molar-refractivity contribution in [3.63, 3.8) is 0 Å². The minimum absolute atomic E-state index is 0.0155. The highest BCUT2D eigenvalue weighted by Gasteiger charge is 2.16. The van der Waals surface area contributed by atoms with Crippen molar-refractivity contribution in [2.24, 2.45) is 0 Å². The summed E-state index contributed by atoms with van der Waals surface area (Å²) in [6, 6.07) is 6.54. The molecule has 0 spiro atoms. The van der Waals surface area contributed by atoms with E-state index in [-0.39, 0.29) is 24.7 Å². The summed E-state index contributed by atoms with van der Waals surface area (Å²) in [5.74, 6) is -0.210. The van der Waals surface area contributed by atoms with Crippen molar-refractivity contribution in [2.45, 2.75) is 38.1 Å². The van der Waals surface area contributed by atoms with Crippen molar-refractivity contribution in [3.8, 4) is 5.75 Å². The van der Waals surface area contributed by atoms with Gasteiger partial charge in [0.05, 0.1) is 13.0 Å². The Balaban J connectivity index is 1.68. The molecule has 0 aromatic heterocycles. The van der Waals surface area contributed by atoms with Crippen molar-refractivity contribution in [1.82, 2.24) is 5.32 Å². The number of rotatable bonds is 5. The predicted molar refractivity (Wildman–Crippen MR) is 66.9 cm³/mol. The Bertz CT molecular complexity index is 403. The number of carbonyl (C=O) groups is 1. The van der Waals surface area contributed by atoms with E-state index in [1.165, 1.54) is 18.9 Å². The van der Waals surface area contributed by atoms with E-state index in [0.29, 0.717) is 6.04 Å². The van der Waals surface area contributed by atoms with Crippen LogP contribution in [0.4, 0.5) is 4.39 Å². The molecule has 2 rings (SSSR count). The second-order valence-corrected chi connectivity index (χ2v) is 4.58. The molecule has 1 N–H and O–H groups in total. The molecule has 98 valence electrons. The molecule has 0 saturated heterocycles. The molecule has 1 aliphatic carbocycles. The minimum atomic E-state index is -0.395. The maximum Gasteiger partial charge on any atom is 0.223 e. The van der Waals surface area contributed by atoms with Gasteiger partial charge in [0.1, 0.15) is 0 Å². The topological polar surface area (TPSA) is 38.3 Å². The zero-order valence-corrected chi connectivity index (χ0v) is 10.3. The van der Waals surface area contributed by atoms with Crippen molar-refractivity contribution in [2.75, 3.05) is 6.61 Å². The third-order valence-corrected chi connectivity index (χ3v) is 3.14. The minimum Gasteiger partial charge on any atom is -0.490 e. The number of halogens is 1. The van der Waals surface area contributed by atoms with Gasteiger partial charge in [-0.25, -0.2) is 4.39 Å². The van der Waals surface area contributed by atoms with Crippen LogP contribution in [-0.4, -0.2) is 18.6 Å². The van der Waals surface area contributed by atoms with Gasteiger partial charge in [0.25, 0.3) is 0 Å². The zero-order valence-electron chi connectivity index (χ0n) is 10.3. The molecule has 1 aromatic carbocycles. The van der Waals surface area contributed by atoms with Gasteiger partial charge in [0.2, 0.25) is 5.91 Å². The highest BCUT2D eigenvalue weighted by molar-refractivity contribution is 5.76. The lowest BCUT2D eigenvalue weighted by molar-refractivity contribution is -0.122. The molecule has 0 heterocycles. The number of amides is 1. The normalized spacial score (nSPS) is 15.6. The van der Waals surface area contributed by atoms with E-state index in [1.54, 1.807) is 18.2 Å². The van der Waals surface area contributed by atoms with Crippen LogP contribution in [0.1, 0.15) is 32.1 Å². The van der Waals surface area contributed by atoms with E-state index >= 15 is 0 Å². The van der Waals surface area contributed by atoms with Gasteiger partial charge in [-0.1, -0.05) is 25.0 Å². The van der Waals surface area contributed by atoms with E-state index in [9.17, 15) is 9.18 Å². The number of hydrogen-bond acceptors (Lipinski definition) is 2. The molecule has 1 aromatic rings. The molecule has 0 radical (unpaired) electrons. The molecule has 0 atom stereocenters. The average Bonchev–Trinajstić information content (AvgIpc) is 2.84. The van der Waals surface area contributed by atoms with Gasteiger partial charge < -0.3 is 10.1 Å². The van der Waals surface area contributed by atoms with Gasteiger partial charge in [-0.15, -0.1) is 0 Å². The summed E-state index contributed by atoms with van der Waals surface area (Å²) in [7, 11) is 0. The fourth-order valence-electron chi connectivity index (χ4n) is 2.19. The highest BCUT2D eigenvalue weighted by atomic mass is 19.1. The van der Waals surface area contributed by atoms with E-state index in [2.05, 4.69) is 5.32 Å². The molecule has 4 heteroatoms. The molecular formula is C14H18FNO2. The first-order chi connectivity index (χ1) is 8.75. The summed E-state index contributed by atoms with van der Waals surface area (Å²) >= 11 is 0. The van der Waals surface area contributed by atoms with Crippen LogP contribution < -0.4 is 10.1 Å². The highest BCUT2D eigenvalue weighted by Crippen LogP contribution is 2.18. The van der Waals surface area contributed by atoms with Gasteiger partial charge in [-0.3, -0.25) is 4.79 Å². The molecule has 3 nitrogen and oxygen atoms in total. The lowest BCUT2D eigenvalue weighted by atomic mass is 10.2. The van der Waals surface area contributed by atoms with Gasteiger partial charge in [-0.2, -0.15) is 0 Å². The summed E-state index contributed by atoms with van der Waals surface area (Å²) < 4.78 is 18.5. The lowest BCUT2D eigenvalue weighted by Crippen LogP contribution is -2.33. The van der Waals surface area contributed by atoms with Crippen LogP contribution in [0.3, 0.4) is 0 Å². The first-order valence-corrected chi connectivity index (χ1v) is 6.42. The predicted octanol–water partition coefficient (Wildman–Crippen LogP) is 2.65. The van der Waals surface area contributed by atoms with Crippen LogP contribution >= 0.6 is 0 Å². The molecular weight excluding hydrogens is 233 g/mol. The number of carbonyl (C=O) groups excluding carboxylic acids is 1. The summed E-state index contributed by atoms with van der Waals surface area (Å²) in [6.07, 6.45) is 4.79. The largest absolute Gasteiger partial charge is 0.490 e. The van der Waals surface area contributed by atoms with Gasteiger partial charge in [0, 0.05) is 6.04 Å². The molecule has 1 saturated carbocycles. The van der Waals surface area contributed by atoms with Crippen molar-refractivity contribution in [3.05, 3.63) is 30.1 Å². The third kappa shape index (κ3) is 3.72. The first-order valence-electron chi connectivity index (χ1n) is 6.42. The second-order valence-electron chi connectivity index (χ2n) is 4.58. The van der Waals surface area contributed by atoms with Crippen LogP contribution in [-0.2, 0) is 4.79 Å². The monoisotopic (exact) mass is 251 g/mol. The van der Waals surface area contributed by atoms with Crippen LogP contribution in [0.5, 0.6) is 5.75 Å². The zero-order chi connectivity index (χ0) is 12.8. The van der Waals surface area contributed by atoms with Crippen LogP contribution in [0.2, 0.25) is 0 Å². The maximum atomic E-state index is 13.2. The number of benzene rings is 1. The summed E-state index contributed by atoms with van der Waals surface area (Å²) in [6.45, 7) is 0.208. The third-order valence-electron chi connectivity index (χ3n) is 3.14. The standard InChI is InChI=1S/C14H18FNO2/c15-12-7-3-4-8-13(12)18-10-9-14(17)16-11-5-1-2-6-11/h3-4,7-8,11H,1-2,5-6,9-10H2,(H,16,17). The average molecular weight is 251 g/mol. The molecule has 18 heavy (non-hydrogen) atoms. The SMILES string of the molecule is O=C(CCOc1ccccc1F)NC1CCCC1. The molecule has 1 amide bonds. The van der Waals surface area contributed by atoms with E-state index in [4.69, 9.17) is 4.74 Å². The lowest BCUT2D eigenvalue weighted by Gasteiger charge is -2.12. The van der Waals surface area contributed by atoms with Crippen LogP contribution in [0.25, 0.3) is 0 Å². The Kier molecular flexibility index (Phi) is 4.56. The fourth-order valence-corrected chi connectivity index (χ4v) is 2.19. The Hall–Kier alpha value is -1.58. The second kappa shape index (κ2) is 6.38. The number of ether oxygens (including phenoxy) is 1. The molecule has 1 fully saturated rings. The Morgan fingerprint density at radius 1 is 1.33 bits per heavy atom. The maximum absolute atomic E-state index is 13.2. The number of hydrogen-bond donors (Lipinski definition) is 1. The van der Waals surface area contributed by atoms with E-state index < -0.39 is 5.82 Å². The van der Waals surface area contributed by atoms with Crippen molar-refractivity contribution >= 4 is 5.91 Å². The Morgan fingerprint density at radius 2 is 2.06 bits per heavy atom. The molecule has 0 bridgehead atoms. The molecule has 1 aliphatic rings. The Morgan fingerprint density at radius 3 is 2.78 bits per heavy atom. The molecule has 0 unspecified atom stereocenters.